The predicted molar refractivity (Wildman–Crippen MR) is 75.3 cm³/mol. The topological polar surface area (TPSA) is 57.6 Å². The number of hydrogen-bond acceptors (Lipinski definition) is 2. The lowest BCUT2D eigenvalue weighted by atomic mass is 9.98. The number of rotatable bonds is 2. The molecule has 1 aliphatic heterocycles. The lowest BCUT2D eigenvalue weighted by Gasteiger charge is -2.29. The summed E-state index contributed by atoms with van der Waals surface area (Å²) < 4.78 is 0. The highest BCUT2D eigenvalue weighted by Gasteiger charge is 2.26. The van der Waals surface area contributed by atoms with E-state index in [1.165, 1.54) is 0 Å². The monoisotopic (exact) mass is 267 g/mol. The summed E-state index contributed by atoms with van der Waals surface area (Å²) in [5.41, 5.74) is 2.63. The number of benzene rings is 2. The van der Waals surface area contributed by atoms with Crippen molar-refractivity contribution in [2.45, 2.75) is 12.8 Å². The predicted octanol–water partition coefficient (Wildman–Crippen LogP) is 3.00. The number of para-hydroxylation sites is 1. The first-order chi connectivity index (χ1) is 9.66. The summed E-state index contributed by atoms with van der Waals surface area (Å²) in [6.45, 7) is 0. The molecule has 1 heterocycles. The molecule has 0 radical (unpaired) electrons. The van der Waals surface area contributed by atoms with E-state index < -0.39 is 5.97 Å². The summed E-state index contributed by atoms with van der Waals surface area (Å²) in [6, 6.07) is 14.2. The standard InChI is InChI=1S/C16H13NO3/c18-15-9-8-11-6-7-12(16(19)20)10-14(11)17(15)13-4-2-1-3-5-13/h1-7,10H,8-9H2,(H,19,20). The number of carboxylic acids is 1. The maximum absolute atomic E-state index is 12.2. The second-order valence-electron chi connectivity index (χ2n) is 4.71. The zero-order chi connectivity index (χ0) is 14.1. The molecule has 0 unspecified atom stereocenters. The highest BCUT2D eigenvalue weighted by molar-refractivity contribution is 6.04. The van der Waals surface area contributed by atoms with Gasteiger partial charge < -0.3 is 5.11 Å². The van der Waals surface area contributed by atoms with Crippen molar-refractivity contribution in [3.63, 3.8) is 0 Å². The van der Waals surface area contributed by atoms with E-state index in [2.05, 4.69) is 0 Å². The van der Waals surface area contributed by atoms with Gasteiger partial charge in [-0.2, -0.15) is 0 Å². The summed E-state index contributed by atoms with van der Waals surface area (Å²) in [5.74, 6) is -0.995. The van der Waals surface area contributed by atoms with Crippen molar-refractivity contribution in [1.29, 1.82) is 0 Å². The van der Waals surface area contributed by atoms with Gasteiger partial charge in [0.15, 0.2) is 0 Å². The normalized spacial score (nSPS) is 14.0. The first-order valence-electron chi connectivity index (χ1n) is 6.41. The number of anilines is 2. The van der Waals surface area contributed by atoms with Crippen molar-refractivity contribution in [3.05, 3.63) is 59.7 Å². The molecule has 0 saturated carbocycles. The van der Waals surface area contributed by atoms with Gasteiger partial charge in [0.05, 0.1) is 11.3 Å². The molecule has 1 aliphatic rings. The molecule has 0 bridgehead atoms. The molecule has 0 atom stereocenters. The number of carbonyl (C=O) groups excluding carboxylic acids is 1. The SMILES string of the molecule is O=C(O)c1ccc2c(c1)N(c1ccccc1)C(=O)CC2. The van der Waals surface area contributed by atoms with E-state index in [1.54, 1.807) is 23.1 Å². The molecule has 1 N–H and O–H groups in total. The lowest BCUT2D eigenvalue weighted by Crippen LogP contribution is -2.31. The second-order valence-corrected chi connectivity index (χ2v) is 4.71. The van der Waals surface area contributed by atoms with Crippen LogP contribution in [-0.4, -0.2) is 17.0 Å². The van der Waals surface area contributed by atoms with Crippen LogP contribution in [-0.2, 0) is 11.2 Å². The van der Waals surface area contributed by atoms with Crippen molar-refractivity contribution < 1.29 is 14.7 Å². The fourth-order valence-corrected chi connectivity index (χ4v) is 2.46. The largest absolute Gasteiger partial charge is 0.478 e. The Hall–Kier alpha value is -2.62. The Morgan fingerprint density at radius 3 is 2.50 bits per heavy atom. The molecule has 0 saturated heterocycles. The van der Waals surface area contributed by atoms with Crippen LogP contribution >= 0.6 is 0 Å². The molecule has 100 valence electrons. The number of carboxylic acid groups (broad SMARTS) is 1. The maximum Gasteiger partial charge on any atom is 0.335 e. The Kier molecular flexibility index (Phi) is 2.99. The number of aromatic carboxylic acids is 1. The van der Waals surface area contributed by atoms with Gasteiger partial charge in [0.25, 0.3) is 0 Å². The molecule has 0 aliphatic carbocycles. The van der Waals surface area contributed by atoms with E-state index in [4.69, 9.17) is 5.11 Å². The summed E-state index contributed by atoms with van der Waals surface area (Å²) in [7, 11) is 0. The lowest BCUT2D eigenvalue weighted by molar-refractivity contribution is -0.118. The molecule has 0 aromatic heterocycles. The zero-order valence-corrected chi connectivity index (χ0v) is 10.7. The van der Waals surface area contributed by atoms with Gasteiger partial charge in [0, 0.05) is 12.1 Å². The number of nitrogens with zero attached hydrogens (tertiary/aromatic N) is 1. The third-order valence-corrected chi connectivity index (χ3v) is 3.45. The average molecular weight is 267 g/mol. The smallest absolute Gasteiger partial charge is 0.335 e. The number of fused-ring (bicyclic) bond motifs is 1. The van der Waals surface area contributed by atoms with E-state index >= 15 is 0 Å². The van der Waals surface area contributed by atoms with Gasteiger partial charge in [-0.3, -0.25) is 9.69 Å². The molecule has 20 heavy (non-hydrogen) atoms. The zero-order valence-electron chi connectivity index (χ0n) is 10.7. The molecule has 4 nitrogen and oxygen atoms in total. The van der Waals surface area contributed by atoms with Crippen LogP contribution in [0.2, 0.25) is 0 Å². The molecule has 3 rings (SSSR count). The van der Waals surface area contributed by atoms with Crippen LogP contribution in [0.25, 0.3) is 0 Å². The minimum atomic E-state index is -0.987. The Morgan fingerprint density at radius 1 is 1.05 bits per heavy atom. The van der Waals surface area contributed by atoms with Gasteiger partial charge in [0.1, 0.15) is 0 Å². The summed E-state index contributed by atoms with van der Waals surface area (Å²) in [6.07, 6.45) is 1.09. The van der Waals surface area contributed by atoms with E-state index in [9.17, 15) is 9.59 Å². The minimum Gasteiger partial charge on any atom is -0.478 e. The van der Waals surface area contributed by atoms with Crippen LogP contribution in [0, 0.1) is 0 Å². The minimum absolute atomic E-state index is 0.00811. The van der Waals surface area contributed by atoms with Crippen molar-refractivity contribution in [2.75, 3.05) is 4.90 Å². The van der Waals surface area contributed by atoms with Crippen molar-refractivity contribution in [2.24, 2.45) is 0 Å². The molecule has 1 amide bonds. The van der Waals surface area contributed by atoms with Crippen LogP contribution in [0.3, 0.4) is 0 Å². The highest BCUT2D eigenvalue weighted by Crippen LogP contribution is 2.34. The molecule has 4 heteroatoms. The Morgan fingerprint density at radius 2 is 1.80 bits per heavy atom. The fourth-order valence-electron chi connectivity index (χ4n) is 2.46. The first kappa shape index (κ1) is 12.4. The van der Waals surface area contributed by atoms with Crippen LogP contribution in [0.1, 0.15) is 22.3 Å². The van der Waals surface area contributed by atoms with Gasteiger partial charge in [-0.25, -0.2) is 4.79 Å². The van der Waals surface area contributed by atoms with Crippen molar-refractivity contribution >= 4 is 23.3 Å². The van der Waals surface area contributed by atoms with Crippen LogP contribution in [0.5, 0.6) is 0 Å². The van der Waals surface area contributed by atoms with Gasteiger partial charge >= 0.3 is 5.97 Å². The van der Waals surface area contributed by atoms with Gasteiger partial charge in [0.2, 0.25) is 5.91 Å². The van der Waals surface area contributed by atoms with E-state index in [1.807, 2.05) is 30.3 Å². The first-order valence-corrected chi connectivity index (χ1v) is 6.41. The van der Waals surface area contributed by atoms with Crippen molar-refractivity contribution in [1.82, 2.24) is 0 Å². The van der Waals surface area contributed by atoms with Crippen LogP contribution < -0.4 is 4.90 Å². The number of amides is 1. The van der Waals surface area contributed by atoms with Crippen LogP contribution in [0.4, 0.5) is 11.4 Å². The Bertz CT molecular complexity index is 679. The number of carbonyl (C=O) groups is 2. The molecule has 0 fully saturated rings. The van der Waals surface area contributed by atoms with Gasteiger partial charge in [-0.1, -0.05) is 24.3 Å². The quantitative estimate of drug-likeness (QED) is 0.910. The van der Waals surface area contributed by atoms with Gasteiger partial charge in [-0.15, -0.1) is 0 Å². The summed E-state index contributed by atoms with van der Waals surface area (Å²) in [5, 5.41) is 9.11. The fraction of sp³-hybridized carbons (Fsp3) is 0.125. The molecule has 2 aromatic rings. The number of hydrogen-bond donors (Lipinski definition) is 1. The van der Waals surface area contributed by atoms with Gasteiger partial charge in [-0.05, 0) is 36.2 Å². The Labute approximate surface area is 116 Å². The Balaban J connectivity index is 2.15. The second kappa shape index (κ2) is 4.81. The molecule has 0 spiro atoms. The third kappa shape index (κ3) is 2.05. The summed E-state index contributed by atoms with van der Waals surface area (Å²) >= 11 is 0. The number of aryl methyl sites for hydroxylation is 1. The highest BCUT2D eigenvalue weighted by atomic mass is 16.4. The van der Waals surface area contributed by atoms with Crippen LogP contribution in [0.15, 0.2) is 48.5 Å². The molecular weight excluding hydrogens is 254 g/mol. The molecular formula is C16H13NO3. The van der Waals surface area contributed by atoms with E-state index in [0.717, 1.165) is 11.3 Å². The molecule has 2 aromatic carbocycles. The maximum atomic E-state index is 12.2. The summed E-state index contributed by atoms with van der Waals surface area (Å²) in [4.78, 5) is 24.9. The van der Waals surface area contributed by atoms with E-state index in [0.29, 0.717) is 18.5 Å². The average Bonchev–Trinajstić information content (AvgIpc) is 2.47. The van der Waals surface area contributed by atoms with Crippen molar-refractivity contribution in [3.8, 4) is 0 Å². The third-order valence-electron chi connectivity index (χ3n) is 3.45. The van der Waals surface area contributed by atoms with E-state index in [-0.39, 0.29) is 11.5 Å².